The van der Waals surface area contributed by atoms with Gasteiger partial charge in [-0.25, -0.2) is 0 Å². The normalized spacial score (nSPS) is 13.2. The van der Waals surface area contributed by atoms with Crippen molar-refractivity contribution in [2.45, 2.75) is 19.3 Å². The molecule has 4 heteroatoms. The molecule has 0 N–H and O–H groups in total. The average Bonchev–Trinajstić information content (AvgIpc) is 3.70. The average molecular weight is 592 g/mol. The summed E-state index contributed by atoms with van der Waals surface area (Å²) in [6.45, 7) is 4.65. The van der Waals surface area contributed by atoms with Gasteiger partial charge < -0.3 is 4.57 Å². The maximum absolute atomic E-state index is 10.5. The van der Waals surface area contributed by atoms with Crippen LogP contribution in [0, 0.1) is 22.7 Å². The number of para-hydroxylation sites is 2. The van der Waals surface area contributed by atoms with Crippen LogP contribution < -0.4 is 0 Å². The van der Waals surface area contributed by atoms with Gasteiger partial charge in [0.25, 0.3) is 0 Å². The number of hydrogen-bond donors (Lipinski definition) is 0. The first-order chi connectivity index (χ1) is 22.0. The monoisotopic (exact) mass is 591 g/mol. The van der Waals surface area contributed by atoms with Crippen molar-refractivity contribution >= 4 is 53.3 Å². The Bertz CT molecular complexity index is 2650. The number of hydrogen-bond acceptors (Lipinski definition) is 3. The summed E-state index contributed by atoms with van der Waals surface area (Å²) in [6, 6.07) is 44.9. The Kier molecular flexibility index (Phi) is 5.25. The van der Waals surface area contributed by atoms with Crippen LogP contribution >= 0.6 is 11.3 Å². The Morgan fingerprint density at radius 3 is 2.16 bits per heavy atom. The lowest BCUT2D eigenvalue weighted by Gasteiger charge is -2.21. The third-order valence-corrected chi connectivity index (χ3v) is 11.0. The van der Waals surface area contributed by atoms with Crippen LogP contribution in [-0.4, -0.2) is 4.57 Å². The lowest BCUT2D eigenvalue weighted by Crippen LogP contribution is -2.14. The van der Waals surface area contributed by atoms with Gasteiger partial charge >= 0.3 is 0 Å². The second-order valence-electron chi connectivity index (χ2n) is 12.3. The van der Waals surface area contributed by atoms with Crippen molar-refractivity contribution in [3.8, 4) is 40.1 Å². The molecule has 0 atom stereocenters. The Morgan fingerprint density at radius 2 is 1.29 bits per heavy atom. The standard InChI is InChI=1S/C41H25N3S/c1-41(2)33-15-5-3-11-31(33)37-34(41)19-18-30-29-14-8-13-28(39(29)45-40(30)37)27-12-7-9-25(23-43)38(27)44-35-16-6-4-10-26(35)32-21-24(22-42)17-20-36(32)44/h3-21H,1-2H3. The fourth-order valence-electron chi connectivity index (χ4n) is 7.63. The third kappa shape index (κ3) is 3.38. The number of benzene rings is 6. The molecule has 0 saturated heterocycles. The van der Waals surface area contributed by atoms with Crippen molar-refractivity contribution in [2.75, 3.05) is 0 Å². The van der Waals surface area contributed by atoms with Crippen LogP contribution in [0.5, 0.6) is 0 Å². The van der Waals surface area contributed by atoms with Crippen molar-refractivity contribution in [3.63, 3.8) is 0 Å². The van der Waals surface area contributed by atoms with Crippen LogP contribution in [0.15, 0.2) is 115 Å². The summed E-state index contributed by atoms with van der Waals surface area (Å²) in [5, 5.41) is 24.7. The summed E-state index contributed by atoms with van der Waals surface area (Å²) in [5.74, 6) is 0. The second kappa shape index (κ2) is 9.16. The molecule has 0 spiro atoms. The topological polar surface area (TPSA) is 52.5 Å². The number of nitriles is 2. The number of aromatic nitrogens is 1. The van der Waals surface area contributed by atoms with Crippen molar-refractivity contribution in [1.82, 2.24) is 4.57 Å². The molecule has 0 radical (unpaired) electrons. The van der Waals surface area contributed by atoms with Crippen LogP contribution in [-0.2, 0) is 5.41 Å². The summed E-state index contributed by atoms with van der Waals surface area (Å²) >= 11 is 1.86. The van der Waals surface area contributed by atoms with E-state index in [2.05, 4.69) is 103 Å². The molecular formula is C41H25N3S. The molecule has 0 amide bonds. The molecule has 0 bridgehead atoms. The van der Waals surface area contributed by atoms with E-state index >= 15 is 0 Å². The van der Waals surface area contributed by atoms with Crippen LogP contribution in [0.1, 0.15) is 36.1 Å². The fraction of sp³-hybridized carbons (Fsp3) is 0.0732. The van der Waals surface area contributed by atoms with Gasteiger partial charge in [0.2, 0.25) is 0 Å². The quantitative estimate of drug-likeness (QED) is 0.201. The number of rotatable bonds is 2. The molecule has 1 aliphatic rings. The van der Waals surface area contributed by atoms with Gasteiger partial charge in [0.05, 0.1) is 33.9 Å². The highest BCUT2D eigenvalue weighted by molar-refractivity contribution is 7.27. The van der Waals surface area contributed by atoms with E-state index in [0.29, 0.717) is 11.1 Å². The first kappa shape index (κ1) is 25.8. The van der Waals surface area contributed by atoms with Gasteiger partial charge in [0, 0.05) is 53.1 Å². The predicted octanol–water partition coefficient (Wildman–Crippen LogP) is 10.9. The van der Waals surface area contributed by atoms with E-state index in [9.17, 15) is 10.5 Å². The third-order valence-electron chi connectivity index (χ3n) is 9.68. The highest BCUT2D eigenvalue weighted by Gasteiger charge is 2.36. The summed E-state index contributed by atoms with van der Waals surface area (Å²) < 4.78 is 4.74. The van der Waals surface area contributed by atoms with E-state index in [4.69, 9.17) is 0 Å². The molecule has 2 aromatic heterocycles. The molecule has 45 heavy (non-hydrogen) atoms. The minimum atomic E-state index is -0.0602. The molecule has 210 valence electrons. The smallest absolute Gasteiger partial charge is 0.101 e. The lowest BCUT2D eigenvalue weighted by molar-refractivity contribution is 0.661. The summed E-state index contributed by atoms with van der Waals surface area (Å²) in [6.07, 6.45) is 0. The van der Waals surface area contributed by atoms with Crippen molar-refractivity contribution in [2.24, 2.45) is 0 Å². The van der Waals surface area contributed by atoms with Gasteiger partial charge in [-0.2, -0.15) is 10.5 Å². The van der Waals surface area contributed by atoms with Gasteiger partial charge in [0.1, 0.15) is 6.07 Å². The second-order valence-corrected chi connectivity index (χ2v) is 13.4. The molecule has 6 aromatic carbocycles. The molecule has 3 nitrogen and oxygen atoms in total. The minimum absolute atomic E-state index is 0.0602. The molecule has 0 aliphatic heterocycles. The number of fused-ring (bicyclic) bond motifs is 10. The summed E-state index contributed by atoms with van der Waals surface area (Å²) in [7, 11) is 0. The van der Waals surface area contributed by atoms with Gasteiger partial charge in [0.15, 0.2) is 0 Å². The van der Waals surface area contributed by atoms with E-state index in [1.807, 2.05) is 53.8 Å². The van der Waals surface area contributed by atoms with Gasteiger partial charge in [-0.05, 0) is 47.0 Å². The van der Waals surface area contributed by atoms with Crippen LogP contribution in [0.3, 0.4) is 0 Å². The van der Waals surface area contributed by atoms with Gasteiger partial charge in [-0.1, -0.05) is 98.8 Å². The summed E-state index contributed by atoms with van der Waals surface area (Å²) in [4.78, 5) is 0. The van der Waals surface area contributed by atoms with E-state index < -0.39 is 0 Å². The zero-order chi connectivity index (χ0) is 30.4. The predicted molar refractivity (Wildman–Crippen MR) is 186 cm³/mol. The molecule has 9 rings (SSSR count). The lowest BCUT2D eigenvalue weighted by atomic mass is 9.82. The zero-order valence-corrected chi connectivity index (χ0v) is 25.5. The van der Waals surface area contributed by atoms with Gasteiger partial charge in [-0.3, -0.25) is 0 Å². The van der Waals surface area contributed by atoms with E-state index in [0.717, 1.165) is 38.6 Å². The number of thiophene rings is 1. The molecule has 1 aliphatic carbocycles. The van der Waals surface area contributed by atoms with Crippen LogP contribution in [0.4, 0.5) is 0 Å². The molecule has 0 saturated carbocycles. The Labute approximate surface area is 264 Å². The Morgan fingerprint density at radius 1 is 0.578 bits per heavy atom. The highest BCUT2D eigenvalue weighted by Crippen LogP contribution is 2.54. The zero-order valence-electron chi connectivity index (χ0n) is 24.7. The first-order valence-electron chi connectivity index (χ1n) is 15.1. The minimum Gasteiger partial charge on any atom is -0.307 e. The van der Waals surface area contributed by atoms with E-state index in [1.54, 1.807) is 0 Å². The maximum Gasteiger partial charge on any atom is 0.101 e. The van der Waals surface area contributed by atoms with Crippen molar-refractivity contribution in [3.05, 3.63) is 138 Å². The van der Waals surface area contributed by atoms with Gasteiger partial charge in [-0.15, -0.1) is 11.3 Å². The SMILES string of the molecule is CC1(C)c2ccccc2-c2c1ccc1c2sc2c(-c3cccc(C#N)c3-n3c4ccccc4c4cc(C#N)ccc43)cccc21. The van der Waals surface area contributed by atoms with E-state index in [1.165, 1.54) is 42.4 Å². The summed E-state index contributed by atoms with van der Waals surface area (Å²) in [5.41, 5.74) is 11.5. The molecule has 2 heterocycles. The molecule has 8 aromatic rings. The van der Waals surface area contributed by atoms with Crippen molar-refractivity contribution < 1.29 is 0 Å². The fourth-order valence-corrected chi connectivity index (χ4v) is 9.02. The first-order valence-corrected chi connectivity index (χ1v) is 15.9. The largest absolute Gasteiger partial charge is 0.307 e. The van der Waals surface area contributed by atoms with Crippen LogP contribution in [0.25, 0.3) is 69.9 Å². The number of nitrogens with zero attached hydrogens (tertiary/aromatic N) is 3. The Hall–Kier alpha value is -5.68. The van der Waals surface area contributed by atoms with Crippen LogP contribution in [0.2, 0.25) is 0 Å². The molecular weight excluding hydrogens is 567 g/mol. The maximum atomic E-state index is 10.5. The van der Waals surface area contributed by atoms with E-state index in [-0.39, 0.29) is 5.41 Å². The molecule has 0 unspecified atom stereocenters. The Balaban J connectivity index is 1.38. The van der Waals surface area contributed by atoms with Crippen molar-refractivity contribution in [1.29, 1.82) is 10.5 Å². The molecule has 0 fully saturated rings. The highest BCUT2D eigenvalue weighted by atomic mass is 32.1.